The molecule has 0 aromatic heterocycles. The molecule has 1 aliphatic rings. The molecule has 0 amide bonds. The minimum atomic E-state index is -0.913. The van der Waals surface area contributed by atoms with Crippen LogP contribution in [-0.2, 0) is 16.0 Å². The molecule has 0 saturated heterocycles. The Bertz CT molecular complexity index is 359. The molecule has 0 aliphatic carbocycles. The molecular weight excluding hydrogens is 180 g/mol. The van der Waals surface area contributed by atoms with Crippen molar-refractivity contribution in [2.24, 2.45) is 0 Å². The lowest BCUT2D eigenvalue weighted by Crippen LogP contribution is -2.28. The Morgan fingerprint density at radius 1 is 1.50 bits per heavy atom. The number of carbonyl (C=O) groups is 1. The summed E-state index contributed by atoms with van der Waals surface area (Å²) >= 11 is 0. The summed E-state index contributed by atoms with van der Waals surface area (Å²) in [5.41, 5.74) is 1.87. The molecule has 0 spiro atoms. The Balaban J connectivity index is 2.43. The highest BCUT2D eigenvalue weighted by Crippen LogP contribution is 2.29. The monoisotopic (exact) mass is 192 g/mol. The zero-order valence-electron chi connectivity index (χ0n) is 7.93. The van der Waals surface area contributed by atoms with E-state index in [2.05, 4.69) is 0 Å². The fourth-order valence-electron chi connectivity index (χ4n) is 1.83. The molecular formula is C11H12O3. The van der Waals surface area contributed by atoms with E-state index in [4.69, 9.17) is 9.84 Å². The fourth-order valence-corrected chi connectivity index (χ4v) is 1.83. The highest BCUT2D eigenvalue weighted by molar-refractivity contribution is 5.75. The maximum Gasteiger partial charge on any atom is 0.337 e. The number of carboxylic acids is 1. The van der Waals surface area contributed by atoms with Gasteiger partial charge in [0, 0.05) is 0 Å². The molecule has 1 aromatic carbocycles. The van der Waals surface area contributed by atoms with Crippen molar-refractivity contribution in [3.8, 4) is 0 Å². The van der Waals surface area contributed by atoms with Gasteiger partial charge in [-0.1, -0.05) is 24.3 Å². The van der Waals surface area contributed by atoms with Gasteiger partial charge >= 0.3 is 5.97 Å². The molecule has 0 fully saturated rings. The summed E-state index contributed by atoms with van der Waals surface area (Å²) in [6.07, 6.45) is -0.0269. The summed E-state index contributed by atoms with van der Waals surface area (Å²) in [6, 6.07) is 7.55. The topological polar surface area (TPSA) is 46.5 Å². The van der Waals surface area contributed by atoms with Crippen LogP contribution in [0.15, 0.2) is 24.3 Å². The maximum atomic E-state index is 10.9. The largest absolute Gasteiger partial charge is 0.479 e. The van der Waals surface area contributed by atoms with Crippen LogP contribution in [0.3, 0.4) is 0 Å². The SMILES string of the molecule is CC1Cc2ccccc2C(C(=O)O)O1. The Hall–Kier alpha value is -1.35. The normalized spacial score (nSPS) is 25.5. The van der Waals surface area contributed by atoms with Gasteiger partial charge in [-0.15, -0.1) is 0 Å². The van der Waals surface area contributed by atoms with Gasteiger partial charge in [0.15, 0.2) is 6.10 Å². The van der Waals surface area contributed by atoms with Gasteiger partial charge in [0.2, 0.25) is 0 Å². The van der Waals surface area contributed by atoms with Gasteiger partial charge < -0.3 is 9.84 Å². The standard InChI is InChI=1S/C11H12O3/c1-7-6-8-4-2-3-5-9(8)10(14-7)11(12)13/h2-5,7,10H,6H2,1H3,(H,12,13). The van der Waals surface area contributed by atoms with E-state index in [1.807, 2.05) is 31.2 Å². The lowest BCUT2D eigenvalue weighted by Gasteiger charge is -2.27. The van der Waals surface area contributed by atoms with Crippen LogP contribution in [-0.4, -0.2) is 17.2 Å². The average molecular weight is 192 g/mol. The molecule has 74 valence electrons. The molecule has 0 radical (unpaired) electrons. The Labute approximate surface area is 82.3 Å². The number of benzene rings is 1. The molecule has 2 rings (SSSR count). The molecule has 14 heavy (non-hydrogen) atoms. The van der Waals surface area contributed by atoms with Crippen molar-refractivity contribution < 1.29 is 14.6 Å². The molecule has 0 saturated carbocycles. The van der Waals surface area contributed by atoms with Crippen molar-refractivity contribution in [2.45, 2.75) is 25.6 Å². The molecule has 3 nitrogen and oxygen atoms in total. The second kappa shape index (κ2) is 3.42. The number of hydrogen-bond donors (Lipinski definition) is 1. The van der Waals surface area contributed by atoms with Crippen molar-refractivity contribution in [3.05, 3.63) is 35.4 Å². The smallest absolute Gasteiger partial charge is 0.337 e. The van der Waals surface area contributed by atoms with Crippen LogP contribution in [0.1, 0.15) is 24.2 Å². The van der Waals surface area contributed by atoms with E-state index < -0.39 is 12.1 Å². The Kier molecular flexibility index (Phi) is 2.25. The predicted octanol–water partition coefficient (Wildman–Crippen LogP) is 1.77. The summed E-state index contributed by atoms with van der Waals surface area (Å²) < 4.78 is 5.37. The Morgan fingerprint density at radius 3 is 2.93 bits per heavy atom. The number of aliphatic carboxylic acids is 1. The van der Waals surface area contributed by atoms with Gasteiger partial charge in [-0.3, -0.25) is 0 Å². The minimum absolute atomic E-state index is 0.0222. The van der Waals surface area contributed by atoms with Crippen LogP contribution < -0.4 is 0 Å². The summed E-state index contributed by atoms with van der Waals surface area (Å²) in [6.45, 7) is 1.89. The summed E-state index contributed by atoms with van der Waals surface area (Å²) in [5, 5.41) is 8.98. The van der Waals surface area contributed by atoms with E-state index >= 15 is 0 Å². The summed E-state index contributed by atoms with van der Waals surface area (Å²) in [5.74, 6) is -0.913. The number of carboxylic acid groups (broad SMARTS) is 1. The van der Waals surface area contributed by atoms with Gasteiger partial charge in [0.1, 0.15) is 0 Å². The highest BCUT2D eigenvalue weighted by atomic mass is 16.5. The van der Waals surface area contributed by atoms with Crippen LogP contribution in [0.5, 0.6) is 0 Å². The molecule has 1 aromatic rings. The molecule has 1 N–H and O–H groups in total. The number of ether oxygens (including phenoxy) is 1. The molecule has 1 aliphatic heterocycles. The third kappa shape index (κ3) is 1.51. The third-order valence-electron chi connectivity index (χ3n) is 2.44. The van der Waals surface area contributed by atoms with Gasteiger partial charge in [0.25, 0.3) is 0 Å². The molecule has 3 heteroatoms. The third-order valence-corrected chi connectivity index (χ3v) is 2.44. The van der Waals surface area contributed by atoms with E-state index in [1.54, 1.807) is 0 Å². The first-order chi connectivity index (χ1) is 6.68. The number of hydrogen-bond acceptors (Lipinski definition) is 2. The van der Waals surface area contributed by atoms with Crippen LogP contribution >= 0.6 is 0 Å². The fraction of sp³-hybridized carbons (Fsp3) is 0.364. The van der Waals surface area contributed by atoms with Crippen LogP contribution in [0, 0.1) is 0 Å². The van der Waals surface area contributed by atoms with Gasteiger partial charge in [0.05, 0.1) is 6.10 Å². The number of fused-ring (bicyclic) bond motifs is 1. The Morgan fingerprint density at radius 2 is 2.21 bits per heavy atom. The first kappa shape index (κ1) is 9.21. The van der Waals surface area contributed by atoms with Crippen molar-refractivity contribution in [3.63, 3.8) is 0 Å². The first-order valence-corrected chi connectivity index (χ1v) is 4.64. The van der Waals surface area contributed by atoms with Crippen LogP contribution in [0.25, 0.3) is 0 Å². The van der Waals surface area contributed by atoms with E-state index in [0.29, 0.717) is 0 Å². The van der Waals surface area contributed by atoms with Gasteiger partial charge in [-0.2, -0.15) is 0 Å². The van der Waals surface area contributed by atoms with Crippen molar-refractivity contribution >= 4 is 5.97 Å². The summed E-state index contributed by atoms with van der Waals surface area (Å²) in [4.78, 5) is 10.9. The number of rotatable bonds is 1. The van der Waals surface area contributed by atoms with E-state index in [-0.39, 0.29) is 6.10 Å². The van der Waals surface area contributed by atoms with Gasteiger partial charge in [-0.05, 0) is 24.5 Å². The van der Waals surface area contributed by atoms with E-state index in [9.17, 15) is 4.79 Å². The zero-order valence-corrected chi connectivity index (χ0v) is 7.93. The quantitative estimate of drug-likeness (QED) is 0.737. The highest BCUT2D eigenvalue weighted by Gasteiger charge is 2.29. The van der Waals surface area contributed by atoms with Gasteiger partial charge in [-0.25, -0.2) is 4.79 Å². The predicted molar refractivity (Wildman–Crippen MR) is 51.1 cm³/mol. The molecule has 1 heterocycles. The molecule has 2 atom stereocenters. The molecule has 2 unspecified atom stereocenters. The van der Waals surface area contributed by atoms with Crippen molar-refractivity contribution in [1.29, 1.82) is 0 Å². The summed E-state index contributed by atoms with van der Waals surface area (Å²) in [7, 11) is 0. The van der Waals surface area contributed by atoms with Crippen molar-refractivity contribution in [2.75, 3.05) is 0 Å². The average Bonchev–Trinajstić information content (AvgIpc) is 2.16. The first-order valence-electron chi connectivity index (χ1n) is 4.64. The molecule has 0 bridgehead atoms. The second-order valence-electron chi connectivity index (χ2n) is 3.57. The second-order valence-corrected chi connectivity index (χ2v) is 3.57. The minimum Gasteiger partial charge on any atom is -0.479 e. The van der Waals surface area contributed by atoms with Crippen molar-refractivity contribution in [1.82, 2.24) is 0 Å². The van der Waals surface area contributed by atoms with E-state index in [1.165, 1.54) is 0 Å². The van der Waals surface area contributed by atoms with Crippen LogP contribution in [0.4, 0.5) is 0 Å². The van der Waals surface area contributed by atoms with E-state index in [0.717, 1.165) is 17.5 Å². The lowest BCUT2D eigenvalue weighted by atomic mass is 9.95. The zero-order chi connectivity index (χ0) is 10.1. The maximum absolute atomic E-state index is 10.9. The van der Waals surface area contributed by atoms with Crippen LogP contribution in [0.2, 0.25) is 0 Å². The lowest BCUT2D eigenvalue weighted by molar-refractivity contribution is -0.155.